The van der Waals surface area contributed by atoms with Crippen molar-refractivity contribution in [1.29, 1.82) is 0 Å². The third-order valence-corrected chi connectivity index (χ3v) is 4.42. The largest absolute Gasteiger partial charge is 0.351 e. The lowest BCUT2D eigenvalue weighted by atomic mass is 9.75. The first-order chi connectivity index (χ1) is 8.76. The monoisotopic (exact) mass is 265 g/mol. The van der Waals surface area contributed by atoms with Crippen molar-refractivity contribution in [3.8, 4) is 0 Å². The van der Waals surface area contributed by atoms with Crippen molar-refractivity contribution in [3.05, 3.63) is 35.9 Å². The van der Waals surface area contributed by atoms with E-state index in [1.54, 1.807) is 0 Å². The molecule has 1 aliphatic carbocycles. The van der Waals surface area contributed by atoms with Gasteiger partial charge in [-0.3, -0.25) is 4.79 Å². The van der Waals surface area contributed by atoms with Gasteiger partial charge >= 0.3 is 0 Å². The molecule has 0 aromatic heterocycles. The van der Waals surface area contributed by atoms with E-state index in [1.807, 2.05) is 30.3 Å². The molecular weight excluding hydrogens is 246 g/mol. The predicted octanol–water partition coefficient (Wildman–Crippen LogP) is 3.61. The predicted molar refractivity (Wildman–Crippen MR) is 75.0 cm³/mol. The van der Waals surface area contributed by atoms with Crippen LogP contribution in [0.1, 0.15) is 42.5 Å². The molecule has 18 heavy (non-hydrogen) atoms. The number of carbonyl (C=O) groups is 1. The van der Waals surface area contributed by atoms with Crippen LogP contribution in [0.4, 0.5) is 0 Å². The standard InChI is InChI=1S/C15H20ClNO/c16-11-15(9-5-2-6-10-15)12-17-14(18)13-7-3-1-4-8-13/h1,3-4,7-8H,2,5-6,9-12H2,(H,17,18). The van der Waals surface area contributed by atoms with E-state index in [4.69, 9.17) is 11.6 Å². The summed E-state index contributed by atoms with van der Waals surface area (Å²) < 4.78 is 0. The Bertz CT molecular complexity index is 385. The van der Waals surface area contributed by atoms with E-state index < -0.39 is 0 Å². The van der Waals surface area contributed by atoms with Gasteiger partial charge in [0.15, 0.2) is 0 Å². The number of hydrogen-bond acceptors (Lipinski definition) is 1. The van der Waals surface area contributed by atoms with Crippen LogP contribution in [-0.4, -0.2) is 18.3 Å². The molecule has 2 rings (SSSR count). The molecule has 0 saturated heterocycles. The maximum absolute atomic E-state index is 12.0. The van der Waals surface area contributed by atoms with Gasteiger partial charge in [-0.15, -0.1) is 11.6 Å². The Labute approximate surface area is 114 Å². The van der Waals surface area contributed by atoms with Crippen LogP contribution in [0.5, 0.6) is 0 Å². The number of alkyl halides is 1. The summed E-state index contributed by atoms with van der Waals surface area (Å²) in [5.41, 5.74) is 0.836. The number of rotatable bonds is 4. The van der Waals surface area contributed by atoms with Crippen LogP contribution in [-0.2, 0) is 0 Å². The molecule has 0 radical (unpaired) electrons. The SMILES string of the molecule is O=C(NCC1(CCl)CCCCC1)c1ccccc1. The summed E-state index contributed by atoms with van der Waals surface area (Å²) in [6, 6.07) is 9.35. The van der Waals surface area contributed by atoms with Crippen LogP contribution in [0.3, 0.4) is 0 Å². The van der Waals surface area contributed by atoms with Crippen molar-refractivity contribution < 1.29 is 4.79 Å². The zero-order valence-corrected chi connectivity index (χ0v) is 11.4. The third-order valence-electron chi connectivity index (χ3n) is 3.86. The first-order valence-electron chi connectivity index (χ1n) is 6.65. The molecule has 0 heterocycles. The van der Waals surface area contributed by atoms with E-state index in [9.17, 15) is 4.79 Å². The summed E-state index contributed by atoms with van der Waals surface area (Å²) in [7, 11) is 0. The molecule has 0 atom stereocenters. The molecule has 3 heteroatoms. The van der Waals surface area contributed by atoms with E-state index in [-0.39, 0.29) is 11.3 Å². The van der Waals surface area contributed by atoms with Crippen LogP contribution in [0, 0.1) is 5.41 Å². The number of hydrogen-bond donors (Lipinski definition) is 1. The molecular formula is C15H20ClNO. The summed E-state index contributed by atoms with van der Waals surface area (Å²) in [4.78, 5) is 12.0. The summed E-state index contributed by atoms with van der Waals surface area (Å²) in [5, 5.41) is 3.04. The van der Waals surface area contributed by atoms with E-state index >= 15 is 0 Å². The minimum absolute atomic E-state index is 0.00525. The summed E-state index contributed by atoms with van der Waals surface area (Å²) in [6.07, 6.45) is 6.02. The van der Waals surface area contributed by atoms with Crippen LogP contribution >= 0.6 is 11.6 Å². The molecule has 1 N–H and O–H groups in total. The molecule has 1 saturated carbocycles. The highest BCUT2D eigenvalue weighted by molar-refractivity contribution is 6.18. The van der Waals surface area contributed by atoms with Crippen molar-refractivity contribution in [3.63, 3.8) is 0 Å². The molecule has 0 bridgehead atoms. The molecule has 1 amide bonds. The lowest BCUT2D eigenvalue weighted by Gasteiger charge is -2.35. The van der Waals surface area contributed by atoms with Crippen molar-refractivity contribution >= 4 is 17.5 Å². The smallest absolute Gasteiger partial charge is 0.251 e. The Morgan fingerprint density at radius 3 is 2.44 bits per heavy atom. The van der Waals surface area contributed by atoms with Crippen LogP contribution < -0.4 is 5.32 Å². The topological polar surface area (TPSA) is 29.1 Å². The van der Waals surface area contributed by atoms with Crippen molar-refractivity contribution in [2.75, 3.05) is 12.4 Å². The summed E-state index contributed by atoms with van der Waals surface area (Å²) in [6.45, 7) is 0.699. The molecule has 0 aliphatic heterocycles. The molecule has 2 nitrogen and oxygen atoms in total. The van der Waals surface area contributed by atoms with Crippen molar-refractivity contribution in [1.82, 2.24) is 5.32 Å². The van der Waals surface area contributed by atoms with Gasteiger partial charge in [0.2, 0.25) is 0 Å². The maximum atomic E-state index is 12.0. The summed E-state index contributed by atoms with van der Waals surface area (Å²) >= 11 is 6.12. The number of nitrogens with one attached hydrogen (secondary N) is 1. The highest BCUT2D eigenvalue weighted by Crippen LogP contribution is 2.36. The zero-order valence-electron chi connectivity index (χ0n) is 10.6. The van der Waals surface area contributed by atoms with Gasteiger partial charge in [0.1, 0.15) is 0 Å². The molecule has 1 fully saturated rings. The van der Waals surface area contributed by atoms with E-state index in [0.29, 0.717) is 12.4 Å². The maximum Gasteiger partial charge on any atom is 0.251 e. The first kappa shape index (κ1) is 13.4. The molecule has 1 aliphatic rings. The molecule has 0 unspecified atom stereocenters. The molecule has 0 spiro atoms. The van der Waals surface area contributed by atoms with E-state index in [1.165, 1.54) is 19.3 Å². The van der Waals surface area contributed by atoms with Gasteiger partial charge < -0.3 is 5.32 Å². The Morgan fingerprint density at radius 2 is 1.83 bits per heavy atom. The van der Waals surface area contributed by atoms with Gasteiger partial charge in [-0.2, -0.15) is 0 Å². The fraction of sp³-hybridized carbons (Fsp3) is 0.533. The quantitative estimate of drug-likeness (QED) is 0.828. The average molecular weight is 266 g/mol. The molecule has 1 aromatic carbocycles. The van der Waals surface area contributed by atoms with Crippen LogP contribution in [0.2, 0.25) is 0 Å². The number of amides is 1. The fourth-order valence-electron chi connectivity index (χ4n) is 2.62. The van der Waals surface area contributed by atoms with Gasteiger partial charge in [0, 0.05) is 23.4 Å². The van der Waals surface area contributed by atoms with Gasteiger partial charge in [0.25, 0.3) is 5.91 Å². The Hall–Kier alpha value is -1.02. The normalized spacial score (nSPS) is 18.3. The Kier molecular flexibility index (Phi) is 4.65. The first-order valence-corrected chi connectivity index (χ1v) is 7.18. The van der Waals surface area contributed by atoms with Gasteiger partial charge in [-0.25, -0.2) is 0 Å². The van der Waals surface area contributed by atoms with Gasteiger partial charge in [-0.1, -0.05) is 37.5 Å². The highest BCUT2D eigenvalue weighted by atomic mass is 35.5. The van der Waals surface area contributed by atoms with E-state index in [2.05, 4.69) is 5.32 Å². The van der Waals surface area contributed by atoms with Crippen molar-refractivity contribution in [2.24, 2.45) is 5.41 Å². The summed E-state index contributed by atoms with van der Waals surface area (Å²) in [5.74, 6) is 0.646. The second-order valence-corrected chi connectivity index (χ2v) is 5.51. The second kappa shape index (κ2) is 6.24. The lowest BCUT2D eigenvalue weighted by Crippen LogP contribution is -2.40. The minimum Gasteiger partial charge on any atom is -0.351 e. The highest BCUT2D eigenvalue weighted by Gasteiger charge is 2.31. The van der Waals surface area contributed by atoms with Crippen LogP contribution in [0.25, 0.3) is 0 Å². The number of halogens is 1. The Balaban J connectivity index is 1.92. The van der Waals surface area contributed by atoms with Gasteiger partial charge in [-0.05, 0) is 25.0 Å². The third kappa shape index (κ3) is 3.26. The molecule has 98 valence electrons. The van der Waals surface area contributed by atoms with Gasteiger partial charge in [0.05, 0.1) is 0 Å². The minimum atomic E-state index is 0.00525. The van der Waals surface area contributed by atoms with Crippen LogP contribution in [0.15, 0.2) is 30.3 Å². The number of carbonyl (C=O) groups excluding carboxylic acids is 1. The fourth-order valence-corrected chi connectivity index (χ4v) is 2.98. The molecule has 1 aromatic rings. The van der Waals surface area contributed by atoms with E-state index in [0.717, 1.165) is 18.4 Å². The Morgan fingerprint density at radius 1 is 1.17 bits per heavy atom. The zero-order chi connectivity index (χ0) is 12.8. The van der Waals surface area contributed by atoms with Crippen molar-refractivity contribution in [2.45, 2.75) is 32.1 Å². The average Bonchev–Trinajstić information content (AvgIpc) is 2.47. The number of benzene rings is 1. The lowest BCUT2D eigenvalue weighted by molar-refractivity contribution is 0.0921. The second-order valence-electron chi connectivity index (χ2n) is 5.24.